The molecular formula is C8H22N2O. The number of hydrogen-bond acceptors (Lipinski definition) is 3. The molecule has 0 aliphatic rings. The molecule has 0 unspecified atom stereocenters. The van der Waals surface area contributed by atoms with Crippen molar-refractivity contribution in [3.8, 4) is 0 Å². The minimum absolute atomic E-state index is 0. The van der Waals surface area contributed by atoms with Crippen LogP contribution in [0.4, 0.5) is 0 Å². The van der Waals surface area contributed by atoms with E-state index in [9.17, 15) is 5.11 Å². The van der Waals surface area contributed by atoms with E-state index in [1.807, 2.05) is 0 Å². The van der Waals surface area contributed by atoms with Crippen LogP contribution in [0.3, 0.4) is 0 Å². The van der Waals surface area contributed by atoms with Crippen LogP contribution in [0.25, 0.3) is 0 Å². The molecule has 11 heavy (non-hydrogen) atoms. The quantitative estimate of drug-likeness (QED) is 0.395. The third-order valence-corrected chi connectivity index (χ3v) is 1.29. The van der Waals surface area contributed by atoms with E-state index in [4.69, 9.17) is 0 Å². The first-order valence-corrected chi connectivity index (χ1v) is 4.24. The van der Waals surface area contributed by atoms with Crippen LogP contribution >= 0.6 is 0 Å². The van der Waals surface area contributed by atoms with Gasteiger partial charge in [0, 0.05) is 14.5 Å². The van der Waals surface area contributed by atoms with Crippen molar-refractivity contribution < 1.29 is 6.53 Å². The SMILES string of the molecule is CCCNCCNC(C)(C)O.[HH]. The molecule has 0 radical (unpaired) electrons. The van der Waals surface area contributed by atoms with Crippen molar-refractivity contribution in [3.63, 3.8) is 0 Å². The van der Waals surface area contributed by atoms with Crippen molar-refractivity contribution >= 4 is 0 Å². The van der Waals surface area contributed by atoms with Crippen molar-refractivity contribution in [2.75, 3.05) is 19.6 Å². The van der Waals surface area contributed by atoms with Crippen LogP contribution < -0.4 is 10.6 Å². The zero-order valence-corrected chi connectivity index (χ0v) is 7.78. The topological polar surface area (TPSA) is 44.3 Å². The zero-order valence-electron chi connectivity index (χ0n) is 7.78. The number of aliphatic hydroxyl groups is 1. The predicted octanol–water partition coefficient (Wildman–Crippen LogP) is 0.550. The molecule has 0 amide bonds. The van der Waals surface area contributed by atoms with Gasteiger partial charge in [-0.25, -0.2) is 0 Å². The molecule has 0 fully saturated rings. The molecule has 70 valence electrons. The van der Waals surface area contributed by atoms with Crippen molar-refractivity contribution in [2.24, 2.45) is 0 Å². The zero-order chi connectivity index (χ0) is 8.74. The fourth-order valence-electron chi connectivity index (χ4n) is 0.759. The summed E-state index contributed by atoms with van der Waals surface area (Å²) >= 11 is 0. The number of nitrogens with one attached hydrogen (secondary N) is 2. The lowest BCUT2D eigenvalue weighted by Gasteiger charge is -2.19. The van der Waals surface area contributed by atoms with Crippen molar-refractivity contribution in [1.82, 2.24) is 10.6 Å². The molecule has 0 aromatic rings. The molecule has 0 aliphatic heterocycles. The molecule has 0 saturated carbocycles. The Morgan fingerprint density at radius 3 is 2.36 bits per heavy atom. The highest BCUT2D eigenvalue weighted by atomic mass is 16.3. The average Bonchev–Trinajstić information content (AvgIpc) is 1.85. The smallest absolute Gasteiger partial charge is 0.110 e. The maximum atomic E-state index is 9.24. The highest BCUT2D eigenvalue weighted by molar-refractivity contribution is 4.62. The van der Waals surface area contributed by atoms with Crippen LogP contribution in [-0.2, 0) is 0 Å². The lowest BCUT2D eigenvalue weighted by molar-refractivity contribution is 0.0444. The highest BCUT2D eigenvalue weighted by Crippen LogP contribution is 1.91. The van der Waals surface area contributed by atoms with Gasteiger partial charge in [0.05, 0.1) is 0 Å². The molecule has 3 N–H and O–H groups in total. The van der Waals surface area contributed by atoms with Gasteiger partial charge in [0.15, 0.2) is 0 Å². The fourth-order valence-corrected chi connectivity index (χ4v) is 0.759. The first-order chi connectivity index (χ1) is 5.06. The summed E-state index contributed by atoms with van der Waals surface area (Å²) in [7, 11) is 0. The molecule has 0 heterocycles. The monoisotopic (exact) mass is 162 g/mol. The van der Waals surface area contributed by atoms with Crippen LogP contribution in [-0.4, -0.2) is 30.5 Å². The third kappa shape index (κ3) is 9.88. The second-order valence-corrected chi connectivity index (χ2v) is 3.24. The van der Waals surface area contributed by atoms with Gasteiger partial charge < -0.3 is 10.4 Å². The van der Waals surface area contributed by atoms with Crippen LogP contribution in [0.1, 0.15) is 28.6 Å². The molecular weight excluding hydrogens is 140 g/mol. The van der Waals surface area contributed by atoms with Gasteiger partial charge in [-0.2, -0.15) is 0 Å². The molecule has 0 bridgehead atoms. The lowest BCUT2D eigenvalue weighted by atomic mass is 10.3. The second kappa shape index (κ2) is 5.52. The van der Waals surface area contributed by atoms with E-state index < -0.39 is 5.72 Å². The van der Waals surface area contributed by atoms with Gasteiger partial charge in [0.25, 0.3) is 0 Å². The fraction of sp³-hybridized carbons (Fsp3) is 1.00. The van der Waals surface area contributed by atoms with Crippen molar-refractivity contribution in [1.29, 1.82) is 0 Å². The summed E-state index contributed by atoms with van der Waals surface area (Å²) in [6.45, 7) is 8.39. The minimum atomic E-state index is -0.742. The van der Waals surface area contributed by atoms with Gasteiger partial charge in [-0.05, 0) is 26.8 Å². The summed E-state index contributed by atoms with van der Waals surface area (Å²) in [4.78, 5) is 0. The number of rotatable bonds is 6. The normalized spacial score (nSPS) is 12.0. The van der Waals surface area contributed by atoms with E-state index in [1.165, 1.54) is 0 Å². The summed E-state index contributed by atoms with van der Waals surface area (Å²) in [5, 5.41) is 15.4. The number of hydrogen-bond donors (Lipinski definition) is 3. The average molecular weight is 162 g/mol. The predicted molar refractivity (Wildman–Crippen MR) is 49.6 cm³/mol. The molecule has 0 spiro atoms. The molecule has 0 aliphatic carbocycles. The van der Waals surface area contributed by atoms with Gasteiger partial charge in [0.1, 0.15) is 5.72 Å². The second-order valence-electron chi connectivity index (χ2n) is 3.24. The van der Waals surface area contributed by atoms with Crippen LogP contribution in [0, 0.1) is 0 Å². The Hall–Kier alpha value is -0.120. The Bertz CT molecular complexity index is 93.5. The van der Waals surface area contributed by atoms with Gasteiger partial charge in [-0.1, -0.05) is 6.92 Å². The van der Waals surface area contributed by atoms with Gasteiger partial charge in [0.2, 0.25) is 0 Å². The Morgan fingerprint density at radius 2 is 1.91 bits per heavy atom. The maximum absolute atomic E-state index is 9.24. The molecule has 0 atom stereocenters. The van der Waals surface area contributed by atoms with Gasteiger partial charge >= 0.3 is 0 Å². The van der Waals surface area contributed by atoms with E-state index in [-0.39, 0.29) is 1.43 Å². The molecule has 3 nitrogen and oxygen atoms in total. The first kappa shape index (κ1) is 10.9. The molecule has 0 aromatic heterocycles. The molecule has 0 saturated heterocycles. The first-order valence-electron chi connectivity index (χ1n) is 4.24. The Morgan fingerprint density at radius 1 is 1.27 bits per heavy atom. The van der Waals surface area contributed by atoms with Crippen molar-refractivity contribution in [3.05, 3.63) is 0 Å². The highest BCUT2D eigenvalue weighted by Gasteiger charge is 2.08. The van der Waals surface area contributed by atoms with E-state index in [2.05, 4.69) is 17.6 Å². The summed E-state index contributed by atoms with van der Waals surface area (Å²) in [6.07, 6.45) is 1.16. The van der Waals surface area contributed by atoms with Crippen LogP contribution in [0.5, 0.6) is 0 Å². The third-order valence-electron chi connectivity index (χ3n) is 1.29. The van der Waals surface area contributed by atoms with E-state index in [1.54, 1.807) is 13.8 Å². The van der Waals surface area contributed by atoms with Crippen LogP contribution in [0.2, 0.25) is 0 Å². The molecule has 0 aromatic carbocycles. The van der Waals surface area contributed by atoms with E-state index in [0.29, 0.717) is 0 Å². The summed E-state index contributed by atoms with van der Waals surface area (Å²) in [5.41, 5.74) is -0.742. The maximum Gasteiger partial charge on any atom is 0.110 e. The van der Waals surface area contributed by atoms with Crippen molar-refractivity contribution in [2.45, 2.75) is 32.9 Å². The molecule has 3 heteroatoms. The van der Waals surface area contributed by atoms with Gasteiger partial charge in [-0.3, -0.25) is 5.32 Å². The minimum Gasteiger partial charge on any atom is -0.376 e. The Balaban J connectivity index is 0. The van der Waals surface area contributed by atoms with E-state index in [0.717, 1.165) is 26.1 Å². The van der Waals surface area contributed by atoms with E-state index >= 15 is 0 Å². The Labute approximate surface area is 70.7 Å². The van der Waals surface area contributed by atoms with Crippen LogP contribution in [0.15, 0.2) is 0 Å². The molecule has 0 rings (SSSR count). The largest absolute Gasteiger partial charge is 0.376 e. The summed E-state index contributed by atoms with van der Waals surface area (Å²) in [5.74, 6) is 0. The standard InChI is InChI=1S/C8H20N2O.H2/c1-4-5-9-6-7-10-8(2,3)11;/h9-11H,4-7H2,1-3H3;1H. The summed E-state index contributed by atoms with van der Waals surface area (Å²) < 4.78 is 0. The van der Waals surface area contributed by atoms with Gasteiger partial charge in [-0.15, -0.1) is 0 Å². The summed E-state index contributed by atoms with van der Waals surface area (Å²) in [6, 6.07) is 0. The Kier molecular flexibility index (Phi) is 5.46. The lowest BCUT2D eigenvalue weighted by Crippen LogP contribution is -2.42.